The van der Waals surface area contributed by atoms with E-state index in [2.05, 4.69) is 30.1 Å². The highest BCUT2D eigenvalue weighted by molar-refractivity contribution is 5.82. The molecule has 3 nitrogen and oxygen atoms in total. The molecular weight excluding hydrogens is 334 g/mol. The number of pyridine rings is 1. The van der Waals surface area contributed by atoms with Crippen LogP contribution in [-0.4, -0.2) is 17.9 Å². The Kier molecular flexibility index (Phi) is 6.02. The topological polar surface area (TPSA) is 39.2 Å². The first-order chi connectivity index (χ1) is 13.1. The van der Waals surface area contributed by atoms with Gasteiger partial charge in [0.1, 0.15) is 11.5 Å². The summed E-state index contributed by atoms with van der Waals surface area (Å²) < 4.78 is 5.41. The minimum atomic E-state index is 0.132. The summed E-state index contributed by atoms with van der Waals surface area (Å²) in [5, 5.41) is 0. The van der Waals surface area contributed by atoms with Gasteiger partial charge in [-0.05, 0) is 53.3 Å². The number of ether oxygens (including phenoxy) is 1. The summed E-state index contributed by atoms with van der Waals surface area (Å²) in [5.41, 5.74) is 5.40. The smallest absolute Gasteiger partial charge is 0.137 e. The third kappa shape index (κ3) is 4.82. The van der Waals surface area contributed by atoms with Crippen molar-refractivity contribution >= 4 is 5.78 Å². The van der Waals surface area contributed by atoms with Crippen molar-refractivity contribution in [3.05, 3.63) is 83.7 Å². The van der Waals surface area contributed by atoms with Crippen molar-refractivity contribution < 1.29 is 9.53 Å². The van der Waals surface area contributed by atoms with E-state index in [1.54, 1.807) is 7.11 Å². The summed E-state index contributed by atoms with van der Waals surface area (Å²) in [4.78, 5) is 16.8. The standard InChI is InChI=1S/C24H25NO2/c1-17(23-6-4-5-7-24(23)27-3)14-22(26)16-19-8-10-20(11-9-19)21-12-13-25-18(2)15-21/h4-13,15,17H,14,16H2,1-3H3. The van der Waals surface area contributed by atoms with Crippen molar-refractivity contribution in [3.8, 4) is 16.9 Å². The first-order valence-electron chi connectivity index (χ1n) is 9.23. The van der Waals surface area contributed by atoms with Gasteiger partial charge in [0.15, 0.2) is 0 Å². The SMILES string of the molecule is COc1ccccc1C(C)CC(=O)Cc1ccc(-c2ccnc(C)c2)cc1. The van der Waals surface area contributed by atoms with Crippen LogP contribution in [0.25, 0.3) is 11.1 Å². The van der Waals surface area contributed by atoms with E-state index in [1.165, 1.54) is 0 Å². The van der Waals surface area contributed by atoms with Crippen molar-refractivity contribution in [2.24, 2.45) is 0 Å². The lowest BCUT2D eigenvalue weighted by molar-refractivity contribution is -0.118. The van der Waals surface area contributed by atoms with Gasteiger partial charge in [0, 0.05) is 24.7 Å². The second-order valence-corrected chi connectivity index (χ2v) is 6.95. The van der Waals surface area contributed by atoms with Crippen LogP contribution in [0.5, 0.6) is 5.75 Å². The fourth-order valence-electron chi connectivity index (χ4n) is 3.37. The molecule has 3 aromatic rings. The van der Waals surface area contributed by atoms with E-state index in [1.807, 2.05) is 55.6 Å². The molecule has 0 aliphatic rings. The minimum Gasteiger partial charge on any atom is -0.496 e. The molecule has 0 aliphatic heterocycles. The van der Waals surface area contributed by atoms with Crippen molar-refractivity contribution in [2.45, 2.75) is 32.6 Å². The molecule has 0 radical (unpaired) electrons. The van der Waals surface area contributed by atoms with Crippen molar-refractivity contribution in [1.29, 1.82) is 0 Å². The molecule has 1 heterocycles. The monoisotopic (exact) mass is 359 g/mol. The Labute approximate surface area is 161 Å². The molecule has 0 aliphatic carbocycles. The molecule has 2 aromatic carbocycles. The summed E-state index contributed by atoms with van der Waals surface area (Å²) in [5.74, 6) is 1.21. The minimum absolute atomic E-state index is 0.132. The summed E-state index contributed by atoms with van der Waals surface area (Å²) in [6.07, 6.45) is 2.78. The molecular formula is C24H25NO2. The predicted octanol–water partition coefficient (Wildman–Crippen LogP) is 5.37. The molecule has 1 atom stereocenters. The molecule has 3 rings (SSSR count). The van der Waals surface area contributed by atoms with Crippen molar-refractivity contribution in [1.82, 2.24) is 4.98 Å². The van der Waals surface area contributed by atoms with Gasteiger partial charge in [-0.15, -0.1) is 0 Å². The number of aromatic nitrogens is 1. The molecule has 27 heavy (non-hydrogen) atoms. The number of nitrogens with zero attached hydrogens (tertiary/aromatic N) is 1. The van der Waals surface area contributed by atoms with E-state index in [0.29, 0.717) is 12.8 Å². The number of para-hydroxylation sites is 1. The van der Waals surface area contributed by atoms with Crippen LogP contribution in [0.15, 0.2) is 66.9 Å². The van der Waals surface area contributed by atoms with Gasteiger partial charge in [-0.3, -0.25) is 9.78 Å². The fraction of sp³-hybridized carbons (Fsp3) is 0.250. The van der Waals surface area contributed by atoms with E-state index in [0.717, 1.165) is 33.7 Å². The molecule has 0 bridgehead atoms. The largest absolute Gasteiger partial charge is 0.496 e. The van der Waals surface area contributed by atoms with E-state index in [9.17, 15) is 4.79 Å². The maximum Gasteiger partial charge on any atom is 0.137 e. The van der Waals surface area contributed by atoms with Gasteiger partial charge in [-0.1, -0.05) is 49.4 Å². The maximum absolute atomic E-state index is 12.5. The second kappa shape index (κ2) is 8.63. The average molecular weight is 359 g/mol. The number of Topliss-reactive ketones (excluding diaryl/α,β-unsaturated/α-hetero) is 1. The number of benzene rings is 2. The van der Waals surface area contributed by atoms with Crippen LogP contribution >= 0.6 is 0 Å². The zero-order valence-electron chi connectivity index (χ0n) is 16.1. The van der Waals surface area contributed by atoms with Crippen LogP contribution in [0, 0.1) is 6.92 Å². The molecule has 1 aromatic heterocycles. The number of hydrogen-bond acceptors (Lipinski definition) is 3. The van der Waals surface area contributed by atoms with E-state index in [-0.39, 0.29) is 11.7 Å². The second-order valence-electron chi connectivity index (χ2n) is 6.95. The normalized spacial score (nSPS) is 11.8. The highest BCUT2D eigenvalue weighted by Gasteiger charge is 2.15. The Balaban J connectivity index is 1.64. The van der Waals surface area contributed by atoms with Crippen LogP contribution in [-0.2, 0) is 11.2 Å². The number of carbonyl (C=O) groups is 1. The summed E-state index contributed by atoms with van der Waals surface area (Å²) in [6, 6.07) is 20.2. The third-order valence-corrected chi connectivity index (χ3v) is 4.79. The van der Waals surface area contributed by atoms with Crippen molar-refractivity contribution in [3.63, 3.8) is 0 Å². The molecule has 0 saturated heterocycles. The molecule has 0 amide bonds. The van der Waals surface area contributed by atoms with E-state index < -0.39 is 0 Å². The van der Waals surface area contributed by atoms with Crippen LogP contribution in [0.4, 0.5) is 0 Å². The van der Waals surface area contributed by atoms with Gasteiger partial charge in [0.05, 0.1) is 7.11 Å². The lowest BCUT2D eigenvalue weighted by atomic mass is 9.92. The Hall–Kier alpha value is -2.94. The first-order valence-corrected chi connectivity index (χ1v) is 9.23. The molecule has 0 saturated carbocycles. The molecule has 3 heteroatoms. The number of rotatable bonds is 7. The number of ketones is 1. The van der Waals surface area contributed by atoms with Gasteiger partial charge in [-0.2, -0.15) is 0 Å². The Morgan fingerprint density at radius 1 is 1.04 bits per heavy atom. The Morgan fingerprint density at radius 3 is 2.48 bits per heavy atom. The van der Waals surface area contributed by atoms with Gasteiger partial charge >= 0.3 is 0 Å². The molecule has 0 fully saturated rings. The first kappa shape index (κ1) is 18.8. The molecule has 1 unspecified atom stereocenters. The average Bonchev–Trinajstić information content (AvgIpc) is 2.68. The number of aryl methyl sites for hydroxylation is 1. The fourth-order valence-corrected chi connectivity index (χ4v) is 3.37. The summed E-state index contributed by atoms with van der Waals surface area (Å²) in [6.45, 7) is 4.06. The van der Waals surface area contributed by atoms with E-state index in [4.69, 9.17) is 4.74 Å². The zero-order valence-corrected chi connectivity index (χ0v) is 16.1. The van der Waals surface area contributed by atoms with E-state index >= 15 is 0 Å². The summed E-state index contributed by atoms with van der Waals surface area (Å²) >= 11 is 0. The van der Waals surface area contributed by atoms with Gasteiger partial charge < -0.3 is 4.74 Å². The highest BCUT2D eigenvalue weighted by atomic mass is 16.5. The highest BCUT2D eigenvalue weighted by Crippen LogP contribution is 2.29. The number of hydrogen-bond donors (Lipinski definition) is 0. The predicted molar refractivity (Wildman–Crippen MR) is 109 cm³/mol. The van der Waals surface area contributed by atoms with Crippen molar-refractivity contribution in [2.75, 3.05) is 7.11 Å². The summed E-state index contributed by atoms with van der Waals surface area (Å²) in [7, 11) is 1.67. The van der Waals surface area contributed by atoms with Gasteiger partial charge in [0.25, 0.3) is 0 Å². The molecule has 138 valence electrons. The maximum atomic E-state index is 12.5. The van der Waals surface area contributed by atoms with Gasteiger partial charge in [0.2, 0.25) is 0 Å². The zero-order chi connectivity index (χ0) is 19.2. The van der Waals surface area contributed by atoms with Crippen LogP contribution in [0.3, 0.4) is 0 Å². The lowest BCUT2D eigenvalue weighted by Gasteiger charge is -2.15. The lowest BCUT2D eigenvalue weighted by Crippen LogP contribution is -2.08. The van der Waals surface area contributed by atoms with Crippen LogP contribution < -0.4 is 4.74 Å². The molecule has 0 spiro atoms. The van der Waals surface area contributed by atoms with Crippen LogP contribution in [0.1, 0.15) is 36.1 Å². The van der Waals surface area contributed by atoms with Gasteiger partial charge in [-0.25, -0.2) is 0 Å². The Morgan fingerprint density at radius 2 is 1.78 bits per heavy atom. The third-order valence-electron chi connectivity index (χ3n) is 4.79. The Bertz CT molecular complexity index is 916. The quantitative estimate of drug-likeness (QED) is 0.569. The molecule has 0 N–H and O–H groups in total. The van der Waals surface area contributed by atoms with Crippen LogP contribution in [0.2, 0.25) is 0 Å². The number of carbonyl (C=O) groups excluding carboxylic acids is 1. The number of methoxy groups -OCH3 is 1.